The number of halogens is 2. The van der Waals surface area contributed by atoms with Crippen LogP contribution in [0.15, 0.2) is 24.3 Å². The molecule has 0 unspecified atom stereocenters. The number of hydrogen-bond acceptors (Lipinski definition) is 2. The Bertz CT molecular complexity index is 490. The van der Waals surface area contributed by atoms with Crippen molar-refractivity contribution in [3.63, 3.8) is 0 Å². The van der Waals surface area contributed by atoms with Crippen molar-refractivity contribution < 1.29 is 18.7 Å². The minimum atomic E-state index is -0.710. The highest BCUT2D eigenvalue weighted by Gasteiger charge is 2.41. The molecule has 2 N–H and O–H groups in total. The van der Waals surface area contributed by atoms with E-state index in [9.17, 15) is 13.6 Å². The van der Waals surface area contributed by atoms with Gasteiger partial charge in [-0.25, -0.2) is 8.78 Å². The van der Waals surface area contributed by atoms with Crippen LogP contribution in [0.1, 0.15) is 18.4 Å². The van der Waals surface area contributed by atoms with Crippen LogP contribution in [-0.4, -0.2) is 24.2 Å². The van der Waals surface area contributed by atoms with Gasteiger partial charge in [-0.1, -0.05) is 6.07 Å². The molecule has 1 fully saturated rings. The molecule has 19 heavy (non-hydrogen) atoms. The Labute approximate surface area is 109 Å². The average molecular weight is 267 g/mol. The molecule has 1 aromatic rings. The molecule has 1 aliphatic rings. The van der Waals surface area contributed by atoms with E-state index in [-0.39, 0.29) is 17.6 Å². The van der Waals surface area contributed by atoms with Crippen molar-refractivity contribution in [1.29, 1.82) is 0 Å². The average Bonchev–Trinajstić information content (AvgIpc) is 3.16. The lowest BCUT2D eigenvalue weighted by molar-refractivity contribution is -0.116. The maximum atomic E-state index is 13.3. The Balaban J connectivity index is 1.93. The maximum Gasteiger partial charge on any atom is 0.244 e. The molecular weight excluding hydrogens is 252 g/mol. The molecule has 1 aromatic carbocycles. The van der Waals surface area contributed by atoms with Crippen LogP contribution < -0.4 is 5.32 Å². The van der Waals surface area contributed by atoms with Crippen LogP contribution in [0.2, 0.25) is 0 Å². The summed E-state index contributed by atoms with van der Waals surface area (Å²) in [4.78, 5) is 11.5. The zero-order valence-electron chi connectivity index (χ0n) is 10.3. The number of hydrogen-bond donors (Lipinski definition) is 2. The monoisotopic (exact) mass is 267 g/mol. The molecule has 1 amide bonds. The first-order valence-electron chi connectivity index (χ1n) is 6.07. The fourth-order valence-electron chi connectivity index (χ4n) is 1.73. The standard InChI is InChI=1S/C14H15F2NO2/c15-11-2-1-3-12(16)10(11)4-5-13(19)17-8-14(9-18)6-7-14/h1-5,18H,6-9H2,(H,17,19)/b5-4+. The number of rotatable bonds is 5. The zero-order chi connectivity index (χ0) is 13.9. The predicted octanol–water partition coefficient (Wildman–Crippen LogP) is 1.87. The van der Waals surface area contributed by atoms with Crippen LogP contribution in [0, 0.1) is 17.0 Å². The van der Waals surface area contributed by atoms with Crippen LogP contribution in [0.4, 0.5) is 8.78 Å². The molecule has 0 bridgehead atoms. The highest BCUT2D eigenvalue weighted by Crippen LogP contribution is 2.44. The number of aliphatic hydroxyl groups excluding tert-OH is 1. The number of nitrogens with one attached hydrogen (secondary N) is 1. The van der Waals surface area contributed by atoms with Gasteiger partial charge >= 0.3 is 0 Å². The first-order chi connectivity index (χ1) is 9.06. The van der Waals surface area contributed by atoms with Gasteiger partial charge in [0.25, 0.3) is 0 Å². The number of amides is 1. The molecule has 1 saturated carbocycles. The molecular formula is C14H15F2NO2. The number of carbonyl (C=O) groups excluding carboxylic acids is 1. The summed E-state index contributed by atoms with van der Waals surface area (Å²) in [5, 5.41) is 11.7. The summed E-state index contributed by atoms with van der Waals surface area (Å²) in [6.45, 7) is 0.422. The first-order valence-corrected chi connectivity index (χ1v) is 6.07. The van der Waals surface area contributed by atoms with Crippen LogP contribution >= 0.6 is 0 Å². The van der Waals surface area contributed by atoms with Gasteiger partial charge in [-0.15, -0.1) is 0 Å². The molecule has 3 nitrogen and oxygen atoms in total. The maximum absolute atomic E-state index is 13.3. The highest BCUT2D eigenvalue weighted by atomic mass is 19.1. The Morgan fingerprint density at radius 3 is 2.53 bits per heavy atom. The lowest BCUT2D eigenvalue weighted by atomic mass is 10.1. The van der Waals surface area contributed by atoms with E-state index in [2.05, 4.69) is 5.32 Å². The van der Waals surface area contributed by atoms with E-state index >= 15 is 0 Å². The van der Waals surface area contributed by atoms with E-state index in [1.165, 1.54) is 6.07 Å². The summed E-state index contributed by atoms with van der Waals surface area (Å²) >= 11 is 0. The fraction of sp³-hybridized carbons (Fsp3) is 0.357. The SMILES string of the molecule is O=C(/C=C/c1c(F)cccc1F)NCC1(CO)CC1. The van der Waals surface area contributed by atoms with Gasteiger partial charge in [-0.3, -0.25) is 4.79 Å². The van der Waals surface area contributed by atoms with E-state index in [4.69, 9.17) is 5.11 Å². The molecule has 0 atom stereocenters. The molecule has 0 radical (unpaired) electrons. The van der Waals surface area contributed by atoms with E-state index in [1.807, 2.05) is 0 Å². The summed E-state index contributed by atoms with van der Waals surface area (Å²) in [5.74, 6) is -1.85. The normalized spacial score (nSPS) is 16.6. The highest BCUT2D eigenvalue weighted by molar-refractivity contribution is 5.91. The second-order valence-corrected chi connectivity index (χ2v) is 4.84. The third-order valence-corrected chi connectivity index (χ3v) is 3.33. The van der Waals surface area contributed by atoms with Gasteiger partial charge in [0, 0.05) is 23.6 Å². The molecule has 0 aliphatic heterocycles. The Hall–Kier alpha value is -1.75. The molecule has 0 saturated heterocycles. The van der Waals surface area contributed by atoms with E-state index in [0.29, 0.717) is 6.54 Å². The van der Waals surface area contributed by atoms with Crippen LogP contribution in [0.3, 0.4) is 0 Å². The number of benzene rings is 1. The third-order valence-electron chi connectivity index (χ3n) is 3.33. The third kappa shape index (κ3) is 3.38. The Kier molecular flexibility index (Phi) is 3.95. The van der Waals surface area contributed by atoms with Crippen molar-refractivity contribution in [3.05, 3.63) is 41.5 Å². The van der Waals surface area contributed by atoms with E-state index < -0.39 is 17.5 Å². The first kappa shape index (κ1) is 13.7. The fourth-order valence-corrected chi connectivity index (χ4v) is 1.73. The Morgan fingerprint density at radius 1 is 1.37 bits per heavy atom. The minimum Gasteiger partial charge on any atom is -0.396 e. The molecule has 0 aromatic heterocycles. The number of aliphatic hydroxyl groups is 1. The topological polar surface area (TPSA) is 49.3 Å². The molecule has 2 rings (SSSR count). The molecule has 0 spiro atoms. The van der Waals surface area contributed by atoms with Gasteiger partial charge in [-0.05, 0) is 31.1 Å². The van der Waals surface area contributed by atoms with Gasteiger partial charge in [0.2, 0.25) is 5.91 Å². The Morgan fingerprint density at radius 2 is 2.00 bits per heavy atom. The van der Waals surface area contributed by atoms with Gasteiger partial charge in [-0.2, -0.15) is 0 Å². The van der Waals surface area contributed by atoms with E-state index in [0.717, 1.165) is 37.1 Å². The zero-order valence-corrected chi connectivity index (χ0v) is 10.3. The molecule has 102 valence electrons. The van der Waals surface area contributed by atoms with Gasteiger partial charge in [0.15, 0.2) is 0 Å². The van der Waals surface area contributed by atoms with Crippen molar-refractivity contribution in [2.45, 2.75) is 12.8 Å². The minimum absolute atomic E-state index is 0.0406. The van der Waals surface area contributed by atoms with Crippen molar-refractivity contribution in [2.75, 3.05) is 13.2 Å². The quantitative estimate of drug-likeness (QED) is 0.800. The summed E-state index contributed by atoms with van der Waals surface area (Å²) < 4.78 is 26.6. The lowest BCUT2D eigenvalue weighted by Crippen LogP contribution is -2.30. The van der Waals surface area contributed by atoms with Gasteiger partial charge in [0.05, 0.1) is 6.61 Å². The van der Waals surface area contributed by atoms with Crippen molar-refractivity contribution in [3.8, 4) is 0 Å². The van der Waals surface area contributed by atoms with Crippen LogP contribution in [0.5, 0.6) is 0 Å². The van der Waals surface area contributed by atoms with Gasteiger partial charge < -0.3 is 10.4 Å². The van der Waals surface area contributed by atoms with Crippen LogP contribution in [0.25, 0.3) is 6.08 Å². The second-order valence-electron chi connectivity index (χ2n) is 4.84. The van der Waals surface area contributed by atoms with Gasteiger partial charge in [0.1, 0.15) is 11.6 Å². The summed E-state index contributed by atoms with van der Waals surface area (Å²) in [6, 6.07) is 3.53. The second kappa shape index (κ2) is 5.48. The summed E-state index contributed by atoms with van der Waals surface area (Å²) in [6.07, 6.45) is 3.97. The largest absolute Gasteiger partial charge is 0.396 e. The smallest absolute Gasteiger partial charge is 0.244 e. The lowest BCUT2D eigenvalue weighted by Gasteiger charge is -2.11. The van der Waals surface area contributed by atoms with E-state index in [1.54, 1.807) is 0 Å². The summed E-state index contributed by atoms with van der Waals surface area (Å²) in [5.41, 5.74) is -0.423. The number of carbonyl (C=O) groups is 1. The molecule has 0 heterocycles. The van der Waals surface area contributed by atoms with Crippen molar-refractivity contribution >= 4 is 12.0 Å². The van der Waals surface area contributed by atoms with Crippen LogP contribution in [-0.2, 0) is 4.79 Å². The summed E-state index contributed by atoms with van der Waals surface area (Å²) in [7, 11) is 0. The predicted molar refractivity (Wildman–Crippen MR) is 67.2 cm³/mol. The molecule has 5 heteroatoms. The molecule has 1 aliphatic carbocycles. The van der Waals surface area contributed by atoms with Crippen molar-refractivity contribution in [2.24, 2.45) is 5.41 Å². The van der Waals surface area contributed by atoms with Crippen molar-refractivity contribution in [1.82, 2.24) is 5.32 Å².